The first-order valence-electron chi connectivity index (χ1n) is 9.10. The molecule has 0 radical (unpaired) electrons. The Morgan fingerprint density at radius 2 is 1.79 bits per heavy atom. The lowest BCUT2D eigenvalue weighted by Crippen LogP contribution is -2.14. The molecule has 0 aliphatic rings. The third-order valence-electron chi connectivity index (χ3n) is 4.12. The summed E-state index contributed by atoms with van der Waals surface area (Å²) in [7, 11) is 0. The number of thiazole rings is 1. The van der Waals surface area contributed by atoms with Gasteiger partial charge in [0.1, 0.15) is 15.9 Å². The van der Waals surface area contributed by atoms with Gasteiger partial charge in [-0.1, -0.05) is 29.5 Å². The van der Waals surface area contributed by atoms with Gasteiger partial charge in [-0.3, -0.25) is 9.59 Å². The van der Waals surface area contributed by atoms with Gasteiger partial charge in [-0.2, -0.15) is 0 Å². The van der Waals surface area contributed by atoms with Gasteiger partial charge >= 0.3 is 0 Å². The van der Waals surface area contributed by atoms with Gasteiger partial charge in [-0.05, 0) is 39.8 Å². The molecular formula is C21H22N4O2S2. The number of amides is 1. The van der Waals surface area contributed by atoms with Crippen molar-refractivity contribution in [2.75, 3.05) is 5.32 Å². The summed E-state index contributed by atoms with van der Waals surface area (Å²) in [5, 5.41) is 6.26. The molecule has 150 valence electrons. The fourth-order valence-electron chi connectivity index (χ4n) is 2.81. The molecule has 1 aromatic carbocycles. The summed E-state index contributed by atoms with van der Waals surface area (Å²) in [6.07, 6.45) is 0.230. The van der Waals surface area contributed by atoms with E-state index in [2.05, 4.69) is 20.3 Å². The highest BCUT2D eigenvalue weighted by atomic mass is 32.2. The first kappa shape index (κ1) is 21.1. The highest BCUT2D eigenvalue weighted by Crippen LogP contribution is 2.27. The Balaban J connectivity index is 1.62. The van der Waals surface area contributed by atoms with Crippen LogP contribution in [0.2, 0.25) is 0 Å². The molecule has 0 saturated carbocycles. The number of hydrogen-bond donors (Lipinski definition) is 1. The van der Waals surface area contributed by atoms with Crippen molar-refractivity contribution in [3.8, 4) is 0 Å². The maximum absolute atomic E-state index is 12.2. The van der Waals surface area contributed by atoms with E-state index in [1.165, 1.54) is 30.0 Å². The van der Waals surface area contributed by atoms with Gasteiger partial charge in [0.25, 0.3) is 0 Å². The van der Waals surface area contributed by atoms with Crippen LogP contribution in [-0.4, -0.2) is 26.6 Å². The zero-order valence-electron chi connectivity index (χ0n) is 16.8. The maximum atomic E-state index is 12.2. The van der Waals surface area contributed by atoms with E-state index in [4.69, 9.17) is 0 Å². The first-order valence-corrected chi connectivity index (χ1v) is 11.0. The summed E-state index contributed by atoms with van der Waals surface area (Å²) in [5.74, 6) is 1.08. The standard InChI is InChI=1S/C21H22N4O2S2/c1-12-5-7-16(8-6-12)24-18(27)9-19-25-17(10-28-19)11-29-21-20(14(3)26)13(2)22-15(4)23-21/h5-8,10H,9,11H2,1-4H3,(H,24,27). The zero-order chi connectivity index (χ0) is 21.0. The van der Waals surface area contributed by atoms with Crippen LogP contribution in [-0.2, 0) is 17.0 Å². The number of carbonyl (C=O) groups is 2. The number of benzene rings is 1. The molecule has 0 bridgehead atoms. The molecular weight excluding hydrogens is 404 g/mol. The summed E-state index contributed by atoms with van der Waals surface area (Å²) < 4.78 is 0. The van der Waals surface area contributed by atoms with Gasteiger partial charge in [0.2, 0.25) is 5.91 Å². The van der Waals surface area contributed by atoms with Crippen LogP contribution >= 0.6 is 23.1 Å². The smallest absolute Gasteiger partial charge is 0.231 e. The molecule has 0 atom stereocenters. The third kappa shape index (κ3) is 5.71. The second-order valence-electron chi connectivity index (χ2n) is 6.70. The minimum atomic E-state index is -0.0941. The number of carbonyl (C=O) groups excluding carboxylic acids is 2. The van der Waals surface area contributed by atoms with E-state index in [-0.39, 0.29) is 18.1 Å². The predicted molar refractivity (Wildman–Crippen MR) is 117 cm³/mol. The van der Waals surface area contributed by atoms with Gasteiger partial charge in [-0.15, -0.1) is 11.3 Å². The monoisotopic (exact) mass is 426 g/mol. The number of aromatic nitrogens is 3. The molecule has 0 aliphatic carbocycles. The molecule has 0 unspecified atom stereocenters. The van der Waals surface area contributed by atoms with E-state index in [0.717, 1.165) is 22.0 Å². The predicted octanol–water partition coefficient (Wildman–Crippen LogP) is 4.53. The van der Waals surface area contributed by atoms with Crippen LogP contribution in [0, 0.1) is 20.8 Å². The van der Waals surface area contributed by atoms with Crippen LogP contribution in [0.15, 0.2) is 34.7 Å². The Labute approximate surface area is 178 Å². The number of nitrogens with zero attached hydrogens (tertiary/aromatic N) is 3. The van der Waals surface area contributed by atoms with E-state index in [1.807, 2.05) is 50.4 Å². The molecule has 0 aliphatic heterocycles. The van der Waals surface area contributed by atoms with Crippen LogP contribution in [0.5, 0.6) is 0 Å². The largest absolute Gasteiger partial charge is 0.326 e. The lowest BCUT2D eigenvalue weighted by atomic mass is 10.2. The van der Waals surface area contributed by atoms with Crippen LogP contribution in [0.4, 0.5) is 5.69 Å². The number of aryl methyl sites for hydroxylation is 3. The Bertz CT molecular complexity index is 1050. The highest BCUT2D eigenvalue weighted by Gasteiger charge is 2.16. The van der Waals surface area contributed by atoms with E-state index in [0.29, 0.717) is 27.9 Å². The Morgan fingerprint density at radius 3 is 2.48 bits per heavy atom. The number of rotatable bonds is 7. The molecule has 6 nitrogen and oxygen atoms in total. The number of hydrogen-bond acceptors (Lipinski definition) is 7. The molecule has 1 amide bonds. The van der Waals surface area contributed by atoms with Crippen molar-refractivity contribution in [3.63, 3.8) is 0 Å². The van der Waals surface area contributed by atoms with Crippen LogP contribution < -0.4 is 5.32 Å². The summed E-state index contributed by atoms with van der Waals surface area (Å²) in [6, 6.07) is 7.69. The number of ketones is 1. The van der Waals surface area contributed by atoms with Crippen molar-refractivity contribution in [3.05, 3.63) is 63.0 Å². The van der Waals surface area contributed by atoms with Crippen LogP contribution in [0.1, 0.15) is 45.1 Å². The maximum Gasteiger partial charge on any atom is 0.231 e. The van der Waals surface area contributed by atoms with Crippen molar-refractivity contribution in [1.82, 2.24) is 15.0 Å². The minimum Gasteiger partial charge on any atom is -0.326 e. The summed E-state index contributed by atoms with van der Waals surface area (Å²) in [6.45, 7) is 7.17. The van der Waals surface area contributed by atoms with E-state index in [9.17, 15) is 9.59 Å². The van der Waals surface area contributed by atoms with E-state index in [1.54, 1.807) is 0 Å². The van der Waals surface area contributed by atoms with Crippen molar-refractivity contribution < 1.29 is 9.59 Å². The molecule has 3 rings (SSSR count). The fraction of sp³-hybridized carbons (Fsp3) is 0.286. The lowest BCUT2D eigenvalue weighted by Gasteiger charge is -2.08. The summed E-state index contributed by atoms with van der Waals surface area (Å²) in [5.41, 5.74) is 4.04. The zero-order valence-corrected chi connectivity index (χ0v) is 18.4. The van der Waals surface area contributed by atoms with Crippen molar-refractivity contribution >= 4 is 40.5 Å². The van der Waals surface area contributed by atoms with Crippen molar-refractivity contribution in [2.45, 2.75) is 44.9 Å². The summed E-state index contributed by atoms with van der Waals surface area (Å²) in [4.78, 5) is 37.5. The van der Waals surface area contributed by atoms with Crippen LogP contribution in [0.25, 0.3) is 0 Å². The summed E-state index contributed by atoms with van der Waals surface area (Å²) >= 11 is 2.92. The molecule has 0 fully saturated rings. The molecule has 0 saturated heterocycles. The van der Waals surface area contributed by atoms with Crippen molar-refractivity contribution in [1.29, 1.82) is 0 Å². The second kappa shape index (κ2) is 9.28. The fourth-order valence-corrected chi connectivity index (χ4v) is 4.77. The number of nitrogens with one attached hydrogen (secondary N) is 1. The van der Waals surface area contributed by atoms with Crippen molar-refractivity contribution in [2.24, 2.45) is 0 Å². The molecule has 2 heterocycles. The van der Waals surface area contributed by atoms with Crippen LogP contribution in [0.3, 0.4) is 0 Å². The van der Waals surface area contributed by atoms with Gasteiger partial charge in [0.05, 0.1) is 23.4 Å². The van der Waals surface area contributed by atoms with Gasteiger partial charge in [-0.25, -0.2) is 15.0 Å². The molecule has 8 heteroatoms. The van der Waals surface area contributed by atoms with E-state index >= 15 is 0 Å². The number of anilines is 1. The second-order valence-corrected chi connectivity index (χ2v) is 8.61. The Morgan fingerprint density at radius 1 is 1.07 bits per heavy atom. The average Bonchev–Trinajstić information content (AvgIpc) is 3.08. The normalized spacial score (nSPS) is 10.8. The number of thioether (sulfide) groups is 1. The van der Waals surface area contributed by atoms with Gasteiger partial charge < -0.3 is 5.32 Å². The third-order valence-corrected chi connectivity index (χ3v) is 6.03. The molecule has 29 heavy (non-hydrogen) atoms. The highest BCUT2D eigenvalue weighted by molar-refractivity contribution is 7.98. The first-order chi connectivity index (χ1) is 13.8. The molecule has 0 spiro atoms. The minimum absolute atomic E-state index is 0.0447. The Hall–Kier alpha value is -2.58. The SMILES string of the molecule is CC(=O)c1c(C)nc(C)nc1SCc1csc(CC(=O)Nc2ccc(C)cc2)n1. The molecule has 1 N–H and O–H groups in total. The quantitative estimate of drug-likeness (QED) is 0.339. The topological polar surface area (TPSA) is 84.8 Å². The van der Waals surface area contributed by atoms with E-state index < -0.39 is 0 Å². The van der Waals surface area contributed by atoms with Gasteiger partial charge in [0, 0.05) is 16.8 Å². The Kier molecular flexibility index (Phi) is 6.76. The molecule has 2 aromatic heterocycles. The van der Waals surface area contributed by atoms with Gasteiger partial charge in [0.15, 0.2) is 5.78 Å². The molecule has 3 aromatic rings. The lowest BCUT2D eigenvalue weighted by molar-refractivity contribution is -0.115. The average molecular weight is 427 g/mol. The number of Topliss-reactive ketones (excluding diaryl/α,β-unsaturated/α-hetero) is 1.